The number of likely N-dealkylation sites (tertiary alicyclic amines) is 1. The van der Waals surface area contributed by atoms with Gasteiger partial charge in [-0.1, -0.05) is 30.3 Å². The van der Waals surface area contributed by atoms with Crippen LogP contribution >= 0.6 is 0 Å². The van der Waals surface area contributed by atoms with Gasteiger partial charge in [0.05, 0.1) is 7.11 Å². The molecule has 120 valence electrons. The van der Waals surface area contributed by atoms with Crippen molar-refractivity contribution < 1.29 is 19.1 Å². The zero-order valence-electron chi connectivity index (χ0n) is 13.0. The van der Waals surface area contributed by atoms with Crippen molar-refractivity contribution in [1.82, 2.24) is 4.90 Å². The molecule has 0 radical (unpaired) electrons. The second kappa shape index (κ2) is 6.79. The zero-order valence-corrected chi connectivity index (χ0v) is 13.0. The molecule has 2 N–H and O–H groups in total. The van der Waals surface area contributed by atoms with E-state index in [4.69, 9.17) is 15.2 Å². The molecular formula is C16H22N2O4. The maximum atomic E-state index is 12.2. The van der Waals surface area contributed by atoms with Crippen LogP contribution in [0.2, 0.25) is 0 Å². The quantitative estimate of drug-likeness (QED) is 0.859. The summed E-state index contributed by atoms with van der Waals surface area (Å²) in [6, 6.07) is 9.31. The first-order valence-electron chi connectivity index (χ1n) is 7.31. The fourth-order valence-corrected chi connectivity index (χ4v) is 2.74. The number of benzene rings is 1. The minimum Gasteiger partial charge on any atom is -0.468 e. The van der Waals surface area contributed by atoms with Crippen LogP contribution in [0.3, 0.4) is 0 Å². The molecule has 6 heteroatoms. The molecule has 2 atom stereocenters. The van der Waals surface area contributed by atoms with Crippen molar-refractivity contribution in [3.63, 3.8) is 0 Å². The van der Waals surface area contributed by atoms with Gasteiger partial charge in [-0.2, -0.15) is 0 Å². The molecule has 6 nitrogen and oxygen atoms in total. The number of ether oxygens (including phenoxy) is 2. The van der Waals surface area contributed by atoms with E-state index in [1.165, 1.54) is 7.11 Å². The van der Waals surface area contributed by atoms with Crippen LogP contribution in [-0.4, -0.2) is 42.2 Å². The van der Waals surface area contributed by atoms with Gasteiger partial charge in [0.15, 0.2) is 0 Å². The van der Waals surface area contributed by atoms with Gasteiger partial charge < -0.3 is 20.1 Å². The topological polar surface area (TPSA) is 81.9 Å². The first-order valence-corrected chi connectivity index (χ1v) is 7.31. The number of nitrogens with two attached hydrogens (primary N) is 1. The van der Waals surface area contributed by atoms with Crippen LogP contribution < -0.4 is 5.73 Å². The first kappa shape index (κ1) is 16.3. The highest BCUT2D eigenvalue weighted by Gasteiger charge is 2.43. The van der Waals surface area contributed by atoms with Gasteiger partial charge in [-0.3, -0.25) is 4.79 Å². The van der Waals surface area contributed by atoms with Gasteiger partial charge in [-0.05, 0) is 25.3 Å². The highest BCUT2D eigenvalue weighted by molar-refractivity contribution is 5.81. The average Bonchev–Trinajstić information content (AvgIpc) is 2.52. The number of rotatable bonds is 3. The number of piperidine rings is 1. The molecule has 0 unspecified atom stereocenters. The van der Waals surface area contributed by atoms with Crippen LogP contribution in [0.5, 0.6) is 0 Å². The Balaban J connectivity index is 1.91. The Kier molecular flexibility index (Phi) is 5.03. The van der Waals surface area contributed by atoms with Crippen molar-refractivity contribution in [1.29, 1.82) is 0 Å². The molecule has 1 aliphatic heterocycles. The number of hydrogen-bond donors (Lipinski definition) is 1. The van der Waals surface area contributed by atoms with E-state index >= 15 is 0 Å². The van der Waals surface area contributed by atoms with Crippen LogP contribution in [-0.2, 0) is 20.9 Å². The number of nitrogens with zero attached hydrogens (tertiary/aromatic N) is 1. The normalized spacial score (nSPS) is 24.7. The van der Waals surface area contributed by atoms with Crippen LogP contribution in [0.15, 0.2) is 30.3 Å². The highest BCUT2D eigenvalue weighted by atomic mass is 16.6. The van der Waals surface area contributed by atoms with Crippen molar-refractivity contribution >= 4 is 12.1 Å². The van der Waals surface area contributed by atoms with Crippen LogP contribution in [0.25, 0.3) is 0 Å². The van der Waals surface area contributed by atoms with E-state index in [0.29, 0.717) is 19.4 Å². The monoisotopic (exact) mass is 306 g/mol. The maximum absolute atomic E-state index is 12.2. The smallest absolute Gasteiger partial charge is 0.410 e. The minimum atomic E-state index is -1.02. The lowest BCUT2D eigenvalue weighted by Gasteiger charge is -2.41. The third-order valence-electron chi connectivity index (χ3n) is 4.02. The number of hydrogen-bond acceptors (Lipinski definition) is 5. The van der Waals surface area contributed by atoms with Gasteiger partial charge in [0.1, 0.15) is 12.1 Å². The SMILES string of the molecule is COC(=O)[C@@]1(N)CCN(C(=O)OCc2ccccc2)[C@@H](C)C1. The van der Waals surface area contributed by atoms with E-state index in [-0.39, 0.29) is 18.7 Å². The molecule has 1 aliphatic rings. The molecule has 0 spiro atoms. The second-order valence-electron chi connectivity index (χ2n) is 5.68. The lowest BCUT2D eigenvalue weighted by molar-refractivity contribution is -0.149. The standard InChI is InChI=1S/C16H22N2O4/c1-12-10-16(17,14(19)21-2)8-9-18(12)15(20)22-11-13-6-4-3-5-7-13/h3-7,12H,8-11,17H2,1-2H3/t12-,16+/m0/s1. The Morgan fingerprint density at radius 1 is 1.36 bits per heavy atom. The lowest BCUT2D eigenvalue weighted by atomic mass is 9.85. The van der Waals surface area contributed by atoms with E-state index < -0.39 is 11.5 Å². The summed E-state index contributed by atoms with van der Waals surface area (Å²) in [7, 11) is 1.32. The molecule has 1 aromatic rings. The number of amides is 1. The maximum Gasteiger partial charge on any atom is 0.410 e. The van der Waals surface area contributed by atoms with Gasteiger partial charge in [-0.15, -0.1) is 0 Å². The summed E-state index contributed by atoms with van der Waals surface area (Å²) in [5, 5.41) is 0. The van der Waals surface area contributed by atoms with E-state index in [0.717, 1.165) is 5.56 Å². The largest absolute Gasteiger partial charge is 0.468 e. The van der Waals surface area contributed by atoms with Gasteiger partial charge in [0, 0.05) is 12.6 Å². The molecule has 0 saturated carbocycles. The molecule has 1 amide bonds. The Labute approximate surface area is 130 Å². The van der Waals surface area contributed by atoms with E-state index in [1.54, 1.807) is 4.90 Å². The molecule has 1 saturated heterocycles. The average molecular weight is 306 g/mol. The summed E-state index contributed by atoms with van der Waals surface area (Å²) >= 11 is 0. The predicted molar refractivity (Wildman–Crippen MR) is 81.0 cm³/mol. The molecule has 1 aromatic carbocycles. The van der Waals surface area contributed by atoms with Crippen molar-refractivity contribution in [3.05, 3.63) is 35.9 Å². The molecule has 0 aromatic heterocycles. The van der Waals surface area contributed by atoms with Crippen LogP contribution in [0.1, 0.15) is 25.3 Å². The first-order chi connectivity index (χ1) is 10.5. The number of carbonyl (C=O) groups excluding carboxylic acids is 2. The second-order valence-corrected chi connectivity index (χ2v) is 5.68. The Hall–Kier alpha value is -2.08. The summed E-state index contributed by atoms with van der Waals surface area (Å²) < 4.78 is 10.1. The van der Waals surface area contributed by atoms with Crippen LogP contribution in [0, 0.1) is 0 Å². The van der Waals surface area contributed by atoms with Crippen molar-refractivity contribution in [2.24, 2.45) is 5.73 Å². The molecular weight excluding hydrogens is 284 g/mol. The third kappa shape index (κ3) is 3.57. The molecule has 1 fully saturated rings. The van der Waals surface area contributed by atoms with Crippen molar-refractivity contribution in [2.75, 3.05) is 13.7 Å². The fourth-order valence-electron chi connectivity index (χ4n) is 2.74. The lowest BCUT2D eigenvalue weighted by Crippen LogP contribution is -2.60. The van der Waals surface area contributed by atoms with Crippen molar-refractivity contribution in [3.8, 4) is 0 Å². The zero-order chi connectivity index (χ0) is 16.2. The van der Waals surface area contributed by atoms with Crippen molar-refractivity contribution in [2.45, 2.75) is 38.0 Å². The Morgan fingerprint density at radius 2 is 2.05 bits per heavy atom. The molecule has 0 aliphatic carbocycles. The molecule has 2 rings (SSSR count). The van der Waals surface area contributed by atoms with Gasteiger partial charge in [0.2, 0.25) is 0 Å². The van der Waals surface area contributed by atoms with Gasteiger partial charge in [0.25, 0.3) is 0 Å². The van der Waals surface area contributed by atoms with E-state index in [9.17, 15) is 9.59 Å². The fraction of sp³-hybridized carbons (Fsp3) is 0.500. The van der Waals surface area contributed by atoms with Gasteiger partial charge in [-0.25, -0.2) is 4.79 Å². The molecule has 0 bridgehead atoms. The predicted octanol–water partition coefficient (Wildman–Crippen LogP) is 1.68. The summed E-state index contributed by atoms with van der Waals surface area (Å²) in [5.74, 6) is -0.434. The summed E-state index contributed by atoms with van der Waals surface area (Å²) in [6.07, 6.45) is 0.341. The number of carbonyl (C=O) groups is 2. The molecule has 1 heterocycles. The Bertz CT molecular complexity index is 534. The van der Waals surface area contributed by atoms with E-state index in [1.807, 2.05) is 37.3 Å². The minimum absolute atomic E-state index is 0.180. The summed E-state index contributed by atoms with van der Waals surface area (Å²) in [4.78, 5) is 25.5. The van der Waals surface area contributed by atoms with E-state index in [2.05, 4.69) is 0 Å². The third-order valence-corrected chi connectivity index (χ3v) is 4.02. The van der Waals surface area contributed by atoms with Crippen LogP contribution in [0.4, 0.5) is 4.79 Å². The highest BCUT2D eigenvalue weighted by Crippen LogP contribution is 2.26. The molecule has 22 heavy (non-hydrogen) atoms. The number of esters is 1. The summed E-state index contributed by atoms with van der Waals surface area (Å²) in [6.45, 7) is 2.46. The van der Waals surface area contributed by atoms with Gasteiger partial charge >= 0.3 is 12.1 Å². The summed E-state index contributed by atoms with van der Waals surface area (Å²) in [5.41, 5.74) is 5.99. The number of methoxy groups -OCH3 is 1. The Morgan fingerprint density at radius 3 is 2.64 bits per heavy atom.